The van der Waals surface area contributed by atoms with Gasteiger partial charge in [-0.25, -0.2) is 4.79 Å². The van der Waals surface area contributed by atoms with Gasteiger partial charge in [0.15, 0.2) is 0 Å². The Morgan fingerprint density at radius 2 is 2.33 bits per heavy atom. The Morgan fingerprint density at radius 3 is 2.87 bits per heavy atom. The predicted octanol–water partition coefficient (Wildman–Crippen LogP) is 1.34. The third-order valence-corrected chi connectivity index (χ3v) is 1.99. The van der Waals surface area contributed by atoms with Gasteiger partial charge < -0.3 is 14.2 Å². The van der Waals surface area contributed by atoms with Gasteiger partial charge in [0.2, 0.25) is 0 Å². The van der Waals surface area contributed by atoms with Crippen molar-refractivity contribution in [2.75, 3.05) is 19.8 Å². The van der Waals surface area contributed by atoms with Gasteiger partial charge in [-0.05, 0) is 19.8 Å². The molecule has 0 aromatic heterocycles. The molecule has 1 aliphatic heterocycles. The lowest BCUT2D eigenvalue weighted by Gasteiger charge is -2.17. The van der Waals surface area contributed by atoms with Gasteiger partial charge in [-0.3, -0.25) is 0 Å². The Labute approximate surface area is 86.5 Å². The first-order valence-corrected chi connectivity index (χ1v) is 4.87. The number of alkyl halides is 2. The van der Waals surface area contributed by atoms with Gasteiger partial charge >= 0.3 is 12.1 Å². The van der Waals surface area contributed by atoms with Crippen LogP contribution in [0.2, 0.25) is 0 Å². The summed E-state index contributed by atoms with van der Waals surface area (Å²) in [5, 5.41) is 0. The molecule has 0 amide bonds. The molecule has 1 fully saturated rings. The molecule has 0 radical (unpaired) electrons. The minimum Gasteiger partial charge on any atom is -0.460 e. The molecule has 1 saturated heterocycles. The minimum absolute atomic E-state index is 0.0995. The Hall–Kier alpha value is -0.750. The van der Waals surface area contributed by atoms with E-state index in [1.807, 2.05) is 0 Å². The van der Waals surface area contributed by atoms with E-state index in [2.05, 4.69) is 9.47 Å². The molecule has 1 atom stereocenters. The van der Waals surface area contributed by atoms with Crippen LogP contribution in [-0.4, -0.2) is 38.0 Å². The quantitative estimate of drug-likeness (QED) is 0.661. The lowest BCUT2D eigenvalue weighted by Crippen LogP contribution is -2.36. The average Bonchev–Trinajstić information content (AvgIpc) is 2.68. The van der Waals surface area contributed by atoms with Crippen LogP contribution in [0.25, 0.3) is 0 Å². The van der Waals surface area contributed by atoms with Crippen LogP contribution in [0.5, 0.6) is 0 Å². The zero-order valence-electron chi connectivity index (χ0n) is 8.50. The van der Waals surface area contributed by atoms with E-state index in [4.69, 9.17) is 4.74 Å². The fraction of sp³-hybridized carbons (Fsp3) is 0.889. The maximum atomic E-state index is 12.9. The summed E-state index contributed by atoms with van der Waals surface area (Å²) in [6.07, 6.45) is -2.70. The third kappa shape index (κ3) is 3.71. The Bertz CT molecular complexity index is 214. The summed E-state index contributed by atoms with van der Waals surface area (Å²) in [6, 6.07) is 0. The van der Waals surface area contributed by atoms with Gasteiger partial charge in [0.1, 0.15) is 0 Å². The molecule has 4 nitrogen and oxygen atoms in total. The topological polar surface area (TPSA) is 44.8 Å². The Morgan fingerprint density at radius 1 is 1.60 bits per heavy atom. The molecule has 0 aromatic rings. The molecule has 0 bridgehead atoms. The molecule has 0 N–H and O–H groups in total. The lowest BCUT2D eigenvalue weighted by atomic mass is 10.2. The molecule has 0 spiro atoms. The van der Waals surface area contributed by atoms with Crippen molar-refractivity contribution >= 4 is 5.97 Å². The zero-order chi connectivity index (χ0) is 11.3. The van der Waals surface area contributed by atoms with Gasteiger partial charge in [-0.1, -0.05) is 0 Å². The summed E-state index contributed by atoms with van der Waals surface area (Å²) in [5.41, 5.74) is 0. The smallest absolute Gasteiger partial charge is 0.456 e. The molecule has 1 heterocycles. The van der Waals surface area contributed by atoms with Gasteiger partial charge in [0, 0.05) is 6.61 Å². The number of ether oxygens (including phenoxy) is 3. The summed E-state index contributed by atoms with van der Waals surface area (Å²) in [4.78, 5) is 10.7. The van der Waals surface area contributed by atoms with Crippen LogP contribution >= 0.6 is 0 Å². The second-order valence-electron chi connectivity index (χ2n) is 3.18. The monoisotopic (exact) mass is 224 g/mol. The zero-order valence-corrected chi connectivity index (χ0v) is 8.50. The number of esters is 1. The van der Waals surface area contributed by atoms with Crippen molar-refractivity contribution in [2.45, 2.75) is 32.0 Å². The fourth-order valence-electron chi connectivity index (χ4n) is 1.25. The first kappa shape index (κ1) is 12.3. The average molecular weight is 224 g/mol. The fourth-order valence-corrected chi connectivity index (χ4v) is 1.25. The molecule has 1 aliphatic rings. The number of halogens is 2. The highest BCUT2D eigenvalue weighted by atomic mass is 19.3. The number of hydrogen-bond donors (Lipinski definition) is 0. The van der Waals surface area contributed by atoms with Gasteiger partial charge in [0.05, 0.1) is 19.3 Å². The Balaban J connectivity index is 2.30. The van der Waals surface area contributed by atoms with E-state index < -0.39 is 12.1 Å². The molecular formula is C9H14F2O4. The summed E-state index contributed by atoms with van der Waals surface area (Å²) in [5.74, 6) is -1.65. The number of carbonyl (C=O) groups is 1. The molecule has 1 unspecified atom stereocenters. The van der Waals surface area contributed by atoms with E-state index in [9.17, 15) is 13.6 Å². The molecule has 88 valence electrons. The first-order chi connectivity index (χ1) is 7.06. The standard InChI is InChI=1S/C9H14F2O4/c1-2-13-8(12)9(10,11)15-6-7-4-3-5-14-7/h7H,2-6H2,1H3. The molecule has 0 aromatic carbocycles. The lowest BCUT2D eigenvalue weighted by molar-refractivity contribution is -0.256. The summed E-state index contributed by atoms with van der Waals surface area (Å²) in [6.45, 7) is 1.62. The highest BCUT2D eigenvalue weighted by Crippen LogP contribution is 2.20. The maximum absolute atomic E-state index is 12.9. The molecular weight excluding hydrogens is 210 g/mol. The van der Waals surface area contributed by atoms with Crippen LogP contribution in [0.1, 0.15) is 19.8 Å². The summed E-state index contributed by atoms with van der Waals surface area (Å²) in [7, 11) is 0. The second-order valence-corrected chi connectivity index (χ2v) is 3.18. The molecule has 1 rings (SSSR count). The van der Waals surface area contributed by atoms with Gasteiger partial charge in [-0.15, -0.1) is 0 Å². The van der Waals surface area contributed by atoms with Crippen molar-refractivity contribution in [1.82, 2.24) is 0 Å². The summed E-state index contributed by atoms with van der Waals surface area (Å²) >= 11 is 0. The van der Waals surface area contributed by atoms with Crippen LogP contribution in [0.3, 0.4) is 0 Å². The van der Waals surface area contributed by atoms with Crippen LogP contribution in [-0.2, 0) is 19.0 Å². The largest absolute Gasteiger partial charge is 0.460 e. The molecule has 0 aliphatic carbocycles. The predicted molar refractivity (Wildman–Crippen MR) is 46.5 cm³/mol. The van der Waals surface area contributed by atoms with Crippen molar-refractivity contribution in [3.63, 3.8) is 0 Å². The van der Waals surface area contributed by atoms with Crippen molar-refractivity contribution in [1.29, 1.82) is 0 Å². The molecule has 6 heteroatoms. The van der Waals surface area contributed by atoms with E-state index in [0.717, 1.165) is 6.42 Å². The SMILES string of the molecule is CCOC(=O)C(F)(F)OCC1CCCO1. The van der Waals surface area contributed by atoms with Crippen molar-refractivity contribution in [3.8, 4) is 0 Å². The van der Waals surface area contributed by atoms with Gasteiger partial charge in [0.25, 0.3) is 0 Å². The first-order valence-electron chi connectivity index (χ1n) is 4.87. The highest BCUT2D eigenvalue weighted by Gasteiger charge is 2.43. The third-order valence-electron chi connectivity index (χ3n) is 1.99. The molecule has 15 heavy (non-hydrogen) atoms. The number of rotatable bonds is 5. The van der Waals surface area contributed by atoms with E-state index in [0.29, 0.717) is 13.0 Å². The van der Waals surface area contributed by atoms with Crippen LogP contribution in [0.15, 0.2) is 0 Å². The van der Waals surface area contributed by atoms with Crippen LogP contribution < -0.4 is 0 Å². The van der Waals surface area contributed by atoms with Crippen molar-refractivity contribution in [2.24, 2.45) is 0 Å². The van der Waals surface area contributed by atoms with Crippen molar-refractivity contribution < 1.29 is 27.8 Å². The maximum Gasteiger partial charge on any atom is 0.456 e. The van der Waals surface area contributed by atoms with E-state index in [1.165, 1.54) is 6.92 Å². The van der Waals surface area contributed by atoms with Gasteiger partial charge in [-0.2, -0.15) is 8.78 Å². The van der Waals surface area contributed by atoms with Crippen LogP contribution in [0.4, 0.5) is 8.78 Å². The van der Waals surface area contributed by atoms with Crippen molar-refractivity contribution in [3.05, 3.63) is 0 Å². The highest BCUT2D eigenvalue weighted by molar-refractivity contribution is 5.75. The molecule has 0 saturated carbocycles. The number of carbonyl (C=O) groups excluding carboxylic acids is 1. The van der Waals surface area contributed by atoms with E-state index >= 15 is 0 Å². The van der Waals surface area contributed by atoms with E-state index in [-0.39, 0.29) is 19.3 Å². The Kier molecular flexibility index (Phi) is 4.41. The number of hydrogen-bond acceptors (Lipinski definition) is 4. The second kappa shape index (κ2) is 5.37. The van der Waals surface area contributed by atoms with E-state index in [1.54, 1.807) is 0 Å². The van der Waals surface area contributed by atoms with Crippen LogP contribution in [0, 0.1) is 0 Å². The summed E-state index contributed by atoms with van der Waals surface area (Å²) < 4.78 is 39.3. The normalized spacial score (nSPS) is 21.7. The minimum atomic E-state index is -3.87.